The molecule has 20 heavy (non-hydrogen) atoms. The van der Waals surface area contributed by atoms with Crippen molar-refractivity contribution in [1.82, 2.24) is 4.98 Å². The summed E-state index contributed by atoms with van der Waals surface area (Å²) in [5.74, 6) is -0.382. The lowest BCUT2D eigenvalue weighted by atomic mass is 10.3. The number of rotatable bonds is 3. The average molecular weight is 284 g/mol. The third-order valence-electron chi connectivity index (χ3n) is 2.39. The third kappa shape index (κ3) is 3.53. The first-order valence-corrected chi connectivity index (χ1v) is 5.61. The Labute approximate surface area is 113 Å². The molecule has 4 nitrogen and oxygen atoms in total. The van der Waals surface area contributed by atoms with Gasteiger partial charge >= 0.3 is 6.36 Å². The normalized spacial score (nSPS) is 11.2. The maximum atomic E-state index is 12.3. The molecule has 1 heterocycles. The highest BCUT2D eigenvalue weighted by Gasteiger charge is 2.32. The van der Waals surface area contributed by atoms with E-state index in [1.807, 2.05) is 0 Å². The summed E-state index contributed by atoms with van der Waals surface area (Å²) in [6, 6.07) is 8.48. The molecule has 0 aliphatic heterocycles. The number of aromatic nitrogens is 1. The molecule has 0 unspecified atom stereocenters. The number of ether oxygens (including phenoxy) is 2. The van der Waals surface area contributed by atoms with Crippen molar-refractivity contribution in [2.45, 2.75) is 13.3 Å². The van der Waals surface area contributed by atoms with Gasteiger partial charge in [0.2, 0.25) is 5.88 Å². The Hall–Kier alpha value is -2.44. The van der Waals surface area contributed by atoms with Crippen LogP contribution in [0.2, 0.25) is 0 Å². The lowest BCUT2D eigenvalue weighted by Gasteiger charge is -2.13. The van der Waals surface area contributed by atoms with Gasteiger partial charge < -0.3 is 15.2 Å². The van der Waals surface area contributed by atoms with Crippen LogP contribution in [-0.4, -0.2) is 11.3 Å². The van der Waals surface area contributed by atoms with Crippen molar-refractivity contribution < 1.29 is 22.6 Å². The second-order valence-electron chi connectivity index (χ2n) is 3.92. The summed E-state index contributed by atoms with van der Waals surface area (Å²) in [7, 11) is 0. The molecule has 0 spiro atoms. The zero-order valence-electron chi connectivity index (χ0n) is 10.4. The van der Waals surface area contributed by atoms with E-state index in [1.54, 1.807) is 13.0 Å². The Morgan fingerprint density at radius 3 is 2.30 bits per heavy atom. The van der Waals surface area contributed by atoms with E-state index >= 15 is 0 Å². The van der Waals surface area contributed by atoms with Crippen molar-refractivity contribution in [1.29, 1.82) is 0 Å². The SMILES string of the molecule is Cc1nc(Oc2ccccc2OC(F)(F)F)ccc1N. The number of para-hydroxylation sites is 2. The molecule has 0 bridgehead atoms. The van der Waals surface area contributed by atoms with Crippen LogP contribution in [0, 0.1) is 6.92 Å². The molecule has 0 saturated carbocycles. The number of benzene rings is 1. The van der Waals surface area contributed by atoms with Crippen LogP contribution in [0.15, 0.2) is 36.4 Å². The molecule has 0 amide bonds. The highest BCUT2D eigenvalue weighted by atomic mass is 19.4. The van der Waals surface area contributed by atoms with Crippen LogP contribution in [0.4, 0.5) is 18.9 Å². The number of hydrogen-bond donors (Lipinski definition) is 1. The van der Waals surface area contributed by atoms with Gasteiger partial charge in [0, 0.05) is 6.07 Å². The first-order valence-electron chi connectivity index (χ1n) is 5.61. The number of nitrogen functional groups attached to an aromatic ring is 1. The van der Waals surface area contributed by atoms with E-state index in [1.165, 1.54) is 24.3 Å². The fourth-order valence-electron chi connectivity index (χ4n) is 1.46. The van der Waals surface area contributed by atoms with Crippen molar-refractivity contribution in [2.24, 2.45) is 0 Å². The van der Waals surface area contributed by atoms with Crippen LogP contribution in [0.3, 0.4) is 0 Å². The molecule has 7 heteroatoms. The Bertz CT molecular complexity index is 615. The minimum Gasteiger partial charge on any atom is -0.435 e. The van der Waals surface area contributed by atoms with Crippen LogP contribution in [-0.2, 0) is 0 Å². The van der Waals surface area contributed by atoms with Crippen LogP contribution in [0.5, 0.6) is 17.4 Å². The summed E-state index contributed by atoms with van der Waals surface area (Å²) < 4.78 is 46.0. The van der Waals surface area contributed by atoms with Crippen molar-refractivity contribution in [2.75, 3.05) is 5.73 Å². The van der Waals surface area contributed by atoms with Crippen LogP contribution >= 0.6 is 0 Å². The summed E-state index contributed by atoms with van der Waals surface area (Å²) in [5, 5.41) is 0. The van der Waals surface area contributed by atoms with Crippen molar-refractivity contribution in [3.8, 4) is 17.4 Å². The van der Waals surface area contributed by atoms with Gasteiger partial charge in [0.05, 0.1) is 11.4 Å². The van der Waals surface area contributed by atoms with E-state index in [0.717, 1.165) is 6.07 Å². The van der Waals surface area contributed by atoms with Crippen LogP contribution in [0.25, 0.3) is 0 Å². The van der Waals surface area contributed by atoms with Gasteiger partial charge in [-0.2, -0.15) is 0 Å². The molecule has 2 rings (SSSR count). The van der Waals surface area contributed by atoms with E-state index in [-0.39, 0.29) is 11.6 Å². The maximum Gasteiger partial charge on any atom is 0.573 e. The van der Waals surface area contributed by atoms with Gasteiger partial charge in [-0.3, -0.25) is 0 Å². The van der Waals surface area contributed by atoms with Gasteiger partial charge in [-0.05, 0) is 25.1 Å². The van der Waals surface area contributed by atoms with E-state index in [0.29, 0.717) is 11.4 Å². The number of aryl methyl sites for hydroxylation is 1. The average Bonchev–Trinajstić information content (AvgIpc) is 2.34. The summed E-state index contributed by atoms with van der Waals surface area (Å²) >= 11 is 0. The first-order chi connectivity index (χ1) is 9.35. The van der Waals surface area contributed by atoms with E-state index < -0.39 is 12.1 Å². The van der Waals surface area contributed by atoms with Crippen molar-refractivity contribution in [3.05, 3.63) is 42.1 Å². The second-order valence-corrected chi connectivity index (χ2v) is 3.92. The number of hydrogen-bond acceptors (Lipinski definition) is 4. The smallest absolute Gasteiger partial charge is 0.435 e. The van der Waals surface area contributed by atoms with Gasteiger partial charge in [0.15, 0.2) is 11.5 Å². The Morgan fingerprint density at radius 2 is 1.70 bits per heavy atom. The van der Waals surface area contributed by atoms with Gasteiger partial charge in [-0.25, -0.2) is 4.98 Å². The highest BCUT2D eigenvalue weighted by Crippen LogP contribution is 2.34. The van der Waals surface area contributed by atoms with Gasteiger partial charge in [-0.15, -0.1) is 13.2 Å². The topological polar surface area (TPSA) is 57.4 Å². The number of pyridine rings is 1. The van der Waals surface area contributed by atoms with E-state index in [2.05, 4.69) is 9.72 Å². The summed E-state index contributed by atoms with van der Waals surface area (Å²) in [6.45, 7) is 1.67. The third-order valence-corrected chi connectivity index (χ3v) is 2.39. The van der Waals surface area contributed by atoms with Crippen molar-refractivity contribution in [3.63, 3.8) is 0 Å². The lowest BCUT2D eigenvalue weighted by Crippen LogP contribution is -2.17. The second kappa shape index (κ2) is 5.28. The highest BCUT2D eigenvalue weighted by molar-refractivity contribution is 5.46. The van der Waals surface area contributed by atoms with E-state index in [4.69, 9.17) is 10.5 Å². The molecule has 0 fully saturated rings. The molecule has 0 saturated heterocycles. The summed E-state index contributed by atoms with van der Waals surface area (Å²) in [5.41, 5.74) is 6.60. The lowest BCUT2D eigenvalue weighted by molar-refractivity contribution is -0.275. The number of halogens is 3. The Balaban J connectivity index is 2.27. The molecular formula is C13H11F3N2O2. The largest absolute Gasteiger partial charge is 0.573 e. The number of nitrogens with zero attached hydrogens (tertiary/aromatic N) is 1. The molecule has 0 radical (unpaired) electrons. The standard InChI is InChI=1S/C13H11F3N2O2/c1-8-9(17)6-7-12(18-8)19-10-4-2-3-5-11(10)20-13(14,15)16/h2-7H,17H2,1H3. The molecule has 0 aliphatic carbocycles. The predicted octanol–water partition coefficient (Wildman–Crippen LogP) is 3.66. The monoisotopic (exact) mass is 284 g/mol. The van der Waals surface area contributed by atoms with Gasteiger partial charge in [-0.1, -0.05) is 12.1 Å². The molecule has 106 valence electrons. The predicted molar refractivity (Wildman–Crippen MR) is 66.6 cm³/mol. The molecule has 0 aliphatic rings. The molecule has 2 aromatic rings. The number of alkyl halides is 3. The fourth-order valence-corrected chi connectivity index (χ4v) is 1.46. The fraction of sp³-hybridized carbons (Fsp3) is 0.154. The molecule has 1 aromatic carbocycles. The zero-order valence-corrected chi connectivity index (χ0v) is 10.4. The molecular weight excluding hydrogens is 273 g/mol. The van der Waals surface area contributed by atoms with Gasteiger partial charge in [0.1, 0.15) is 0 Å². The Morgan fingerprint density at radius 1 is 1.05 bits per heavy atom. The Kier molecular flexibility index (Phi) is 3.69. The molecule has 1 aromatic heterocycles. The number of nitrogens with two attached hydrogens (primary N) is 1. The minimum atomic E-state index is -4.79. The van der Waals surface area contributed by atoms with Crippen molar-refractivity contribution >= 4 is 5.69 Å². The molecule has 0 atom stereocenters. The van der Waals surface area contributed by atoms with Crippen LogP contribution < -0.4 is 15.2 Å². The van der Waals surface area contributed by atoms with E-state index in [9.17, 15) is 13.2 Å². The first kappa shape index (κ1) is 14.0. The molecule has 2 N–H and O–H groups in total. The minimum absolute atomic E-state index is 0.0819. The zero-order chi connectivity index (χ0) is 14.8. The number of anilines is 1. The summed E-state index contributed by atoms with van der Waals surface area (Å²) in [4.78, 5) is 4.02. The summed E-state index contributed by atoms with van der Waals surface area (Å²) in [6.07, 6.45) is -4.79. The maximum absolute atomic E-state index is 12.3. The van der Waals surface area contributed by atoms with Gasteiger partial charge in [0.25, 0.3) is 0 Å². The quantitative estimate of drug-likeness (QED) is 0.934. The van der Waals surface area contributed by atoms with Crippen LogP contribution in [0.1, 0.15) is 5.69 Å².